The van der Waals surface area contributed by atoms with Crippen molar-refractivity contribution in [3.8, 4) is 16.9 Å². The van der Waals surface area contributed by atoms with Crippen LogP contribution in [0.1, 0.15) is 21.6 Å². The molecule has 1 aromatic heterocycles. The van der Waals surface area contributed by atoms with Crippen LogP contribution in [0, 0.1) is 0 Å². The molecule has 0 atom stereocenters. The number of rotatable bonds is 8. The predicted octanol–water partition coefficient (Wildman–Crippen LogP) is 4.78. The van der Waals surface area contributed by atoms with E-state index in [2.05, 4.69) is 15.3 Å². The predicted molar refractivity (Wildman–Crippen MR) is 162 cm³/mol. The molecule has 13 nitrogen and oxygen atoms in total. The number of carbonyl (C=O) groups is 1. The number of halogens is 4. The molecule has 0 unspecified atom stereocenters. The average Bonchev–Trinajstić information content (AvgIpc) is 2.91. The van der Waals surface area contributed by atoms with Gasteiger partial charge in [-0.2, -0.15) is 21.8 Å². The third kappa shape index (κ3) is 10.2. The molecule has 0 saturated heterocycles. The minimum Gasteiger partial charge on any atom is -0.486 e. The molecule has 0 aliphatic heterocycles. The molecule has 0 fully saturated rings. The molecule has 1 heterocycles. The number of ether oxygens (including phenoxy) is 1. The fourth-order valence-corrected chi connectivity index (χ4v) is 4.67. The third-order valence-corrected chi connectivity index (χ3v) is 7.28. The SMILES string of the molecule is Nc1nc(N)c(-c2ccc(Cl)c(Cl)c2)c(COc2ccc(CNC(=O)c3cccc(S(=O)(=O)F)c3)cc2Cl)n1.O=S(=O)(O)O. The van der Waals surface area contributed by atoms with Crippen molar-refractivity contribution in [2.75, 3.05) is 11.5 Å². The first-order valence-electron chi connectivity index (χ1n) is 11.7. The van der Waals surface area contributed by atoms with Gasteiger partial charge in [0.25, 0.3) is 5.91 Å². The first-order chi connectivity index (χ1) is 20.4. The van der Waals surface area contributed by atoms with Crippen LogP contribution in [0.2, 0.25) is 15.1 Å². The van der Waals surface area contributed by atoms with Crippen LogP contribution >= 0.6 is 34.8 Å². The van der Waals surface area contributed by atoms with Gasteiger partial charge in [0.2, 0.25) is 5.95 Å². The van der Waals surface area contributed by atoms with Gasteiger partial charge in [-0.1, -0.05) is 53.0 Å². The molecule has 19 heteroatoms. The second kappa shape index (κ2) is 14.3. The molecule has 7 N–H and O–H groups in total. The minimum absolute atomic E-state index is 0.0130. The number of nitrogens with one attached hydrogen (secondary N) is 1. The summed E-state index contributed by atoms with van der Waals surface area (Å²) >= 11 is 18.6. The lowest BCUT2D eigenvalue weighted by atomic mass is 10.0. The van der Waals surface area contributed by atoms with Gasteiger partial charge in [0, 0.05) is 17.7 Å². The number of benzene rings is 3. The Morgan fingerprint density at radius 2 is 1.59 bits per heavy atom. The van der Waals surface area contributed by atoms with Crippen molar-refractivity contribution in [3.05, 3.63) is 92.6 Å². The smallest absolute Gasteiger partial charge is 0.394 e. The Bertz CT molecular complexity index is 1930. The van der Waals surface area contributed by atoms with Crippen LogP contribution in [0.15, 0.2) is 65.6 Å². The highest BCUT2D eigenvalue weighted by Crippen LogP contribution is 2.34. The fourth-order valence-electron chi connectivity index (χ4n) is 3.61. The molecule has 0 aliphatic carbocycles. The molecule has 3 aromatic carbocycles. The Morgan fingerprint density at radius 1 is 0.909 bits per heavy atom. The quantitative estimate of drug-likeness (QED) is 0.123. The summed E-state index contributed by atoms with van der Waals surface area (Å²) in [7, 11) is -9.60. The highest BCUT2D eigenvalue weighted by molar-refractivity contribution is 7.86. The maximum absolute atomic E-state index is 13.2. The van der Waals surface area contributed by atoms with Gasteiger partial charge in [-0.05, 0) is 53.6 Å². The Labute approximate surface area is 265 Å². The van der Waals surface area contributed by atoms with E-state index in [1.54, 1.807) is 36.4 Å². The zero-order valence-corrected chi connectivity index (χ0v) is 25.8. The van der Waals surface area contributed by atoms with E-state index >= 15 is 0 Å². The van der Waals surface area contributed by atoms with Crippen LogP contribution in [-0.2, 0) is 33.8 Å². The zero-order chi connectivity index (χ0) is 32.8. The molecular weight excluding hydrogens is 688 g/mol. The van der Waals surface area contributed by atoms with Crippen LogP contribution < -0.4 is 21.5 Å². The van der Waals surface area contributed by atoms with Crippen molar-refractivity contribution in [2.45, 2.75) is 18.0 Å². The molecule has 0 aliphatic rings. The minimum atomic E-state index is -4.93. The first-order valence-corrected chi connectivity index (χ1v) is 15.6. The summed E-state index contributed by atoms with van der Waals surface area (Å²) in [6, 6.07) is 14.5. The Morgan fingerprint density at radius 3 is 2.20 bits per heavy atom. The lowest BCUT2D eigenvalue weighted by Crippen LogP contribution is -2.23. The van der Waals surface area contributed by atoms with Gasteiger partial charge in [0.05, 0.1) is 25.7 Å². The molecule has 44 heavy (non-hydrogen) atoms. The number of nitrogens with zero attached hydrogens (tertiary/aromatic N) is 2. The van der Waals surface area contributed by atoms with Crippen LogP contribution in [-0.4, -0.2) is 41.8 Å². The van der Waals surface area contributed by atoms with Gasteiger partial charge >= 0.3 is 20.6 Å². The normalized spacial score (nSPS) is 11.3. The molecule has 0 radical (unpaired) electrons. The molecule has 0 bridgehead atoms. The number of hydrogen-bond acceptors (Lipinski definition) is 10. The molecule has 1 amide bonds. The van der Waals surface area contributed by atoms with Crippen molar-refractivity contribution in [3.63, 3.8) is 0 Å². The summed E-state index contributed by atoms with van der Waals surface area (Å²) in [4.78, 5) is 20.1. The van der Waals surface area contributed by atoms with Crippen molar-refractivity contribution < 1.29 is 39.4 Å². The molecule has 234 valence electrons. The summed E-state index contributed by atoms with van der Waals surface area (Å²) in [6.07, 6.45) is 0. The fraction of sp³-hybridized carbons (Fsp3) is 0.0800. The van der Waals surface area contributed by atoms with Gasteiger partial charge in [-0.3, -0.25) is 13.9 Å². The van der Waals surface area contributed by atoms with Crippen molar-refractivity contribution in [1.82, 2.24) is 15.3 Å². The van der Waals surface area contributed by atoms with E-state index in [0.717, 1.165) is 12.1 Å². The molecule has 4 aromatic rings. The van der Waals surface area contributed by atoms with Gasteiger partial charge in [0.1, 0.15) is 18.2 Å². The number of hydrogen-bond donors (Lipinski definition) is 5. The maximum atomic E-state index is 13.2. The lowest BCUT2D eigenvalue weighted by molar-refractivity contribution is 0.0950. The summed E-state index contributed by atoms with van der Waals surface area (Å²) < 4.78 is 72.9. The van der Waals surface area contributed by atoms with E-state index in [1.165, 1.54) is 12.1 Å². The van der Waals surface area contributed by atoms with E-state index < -0.39 is 31.4 Å². The van der Waals surface area contributed by atoms with Gasteiger partial charge in [-0.25, -0.2) is 4.98 Å². The number of nitrogens with two attached hydrogens (primary N) is 2. The van der Waals surface area contributed by atoms with E-state index in [4.69, 9.17) is 68.5 Å². The first kappa shape index (κ1) is 34.7. The Balaban J connectivity index is 0.000000978. The number of anilines is 2. The average molecular weight is 709 g/mol. The highest BCUT2D eigenvalue weighted by atomic mass is 35.5. The van der Waals surface area contributed by atoms with E-state index in [-0.39, 0.29) is 35.5 Å². The van der Waals surface area contributed by atoms with Crippen molar-refractivity contribution >= 4 is 73.1 Å². The summed E-state index contributed by atoms with van der Waals surface area (Å²) in [5.41, 5.74) is 14.0. The second-order valence-electron chi connectivity index (χ2n) is 8.57. The van der Waals surface area contributed by atoms with Gasteiger partial charge in [0.15, 0.2) is 0 Å². The van der Waals surface area contributed by atoms with Crippen LogP contribution in [0.5, 0.6) is 5.75 Å². The number of carbonyl (C=O) groups excluding carboxylic acids is 1. The van der Waals surface area contributed by atoms with Crippen LogP contribution in [0.25, 0.3) is 11.1 Å². The lowest BCUT2D eigenvalue weighted by Gasteiger charge is -2.15. The largest absolute Gasteiger partial charge is 0.486 e. The molecular formula is C25H21Cl3FN5O8S2. The summed E-state index contributed by atoms with van der Waals surface area (Å²) in [5.74, 6) is -0.178. The summed E-state index contributed by atoms with van der Waals surface area (Å²) in [5, 5.41) is 3.57. The van der Waals surface area contributed by atoms with E-state index in [9.17, 15) is 17.1 Å². The summed E-state index contributed by atoms with van der Waals surface area (Å²) in [6.45, 7) is 0.00199. The second-order valence-corrected chi connectivity index (χ2v) is 12.0. The van der Waals surface area contributed by atoms with Gasteiger partial charge < -0.3 is 21.5 Å². The number of aromatic nitrogens is 2. The molecule has 0 saturated carbocycles. The van der Waals surface area contributed by atoms with Crippen LogP contribution in [0.3, 0.4) is 0 Å². The van der Waals surface area contributed by atoms with E-state index in [0.29, 0.717) is 38.2 Å². The highest BCUT2D eigenvalue weighted by Gasteiger charge is 2.17. The Hall–Kier alpha value is -3.77. The van der Waals surface area contributed by atoms with E-state index in [1.807, 2.05) is 0 Å². The molecule has 0 spiro atoms. The number of nitrogen functional groups attached to an aromatic ring is 2. The maximum Gasteiger partial charge on any atom is 0.394 e. The zero-order valence-electron chi connectivity index (χ0n) is 21.9. The van der Waals surface area contributed by atoms with Crippen molar-refractivity contribution in [1.29, 1.82) is 0 Å². The Kier molecular flexibility index (Phi) is 11.3. The topological polar surface area (TPSA) is 225 Å². The number of amides is 1. The van der Waals surface area contributed by atoms with Crippen LogP contribution in [0.4, 0.5) is 15.7 Å². The molecule has 4 rings (SSSR count). The standard InChI is InChI=1S/C25H19Cl3FN5O4S.H2O4S/c26-17-6-5-14(10-18(17)27)22-20(33-25(31)34-23(22)30)12-38-21-7-4-13(8-19(21)28)11-32-24(35)15-2-1-3-16(9-15)39(29,36)37;1-5(2,3)4/h1-10H,11-12H2,(H,32,35)(H4,30,31,33,34);(H2,1,2,3,4). The van der Waals surface area contributed by atoms with Crippen molar-refractivity contribution in [2.24, 2.45) is 0 Å². The monoisotopic (exact) mass is 707 g/mol. The third-order valence-electron chi connectivity index (χ3n) is 5.43. The van der Waals surface area contributed by atoms with Gasteiger partial charge in [-0.15, -0.1) is 3.89 Å².